The van der Waals surface area contributed by atoms with Gasteiger partial charge in [-0.15, -0.1) is 0 Å². The van der Waals surface area contributed by atoms with Crippen LogP contribution in [-0.2, 0) is 19.4 Å². The van der Waals surface area contributed by atoms with E-state index in [1.807, 2.05) is 19.0 Å². The van der Waals surface area contributed by atoms with Gasteiger partial charge in [-0.3, -0.25) is 9.59 Å². The molecule has 1 atom stereocenters. The molecular formula is C18H27N3O6S. The lowest BCUT2D eigenvalue weighted by Crippen LogP contribution is -2.48. The molecule has 0 bridgehead atoms. The number of carbonyl (C=O) groups excluding carboxylic acids is 2. The molecule has 1 aliphatic heterocycles. The maximum absolute atomic E-state index is 12.8. The van der Waals surface area contributed by atoms with Crippen LogP contribution in [0.3, 0.4) is 0 Å². The van der Waals surface area contributed by atoms with Gasteiger partial charge in [-0.1, -0.05) is 0 Å². The first-order valence-electron chi connectivity index (χ1n) is 8.86. The quantitative estimate of drug-likeness (QED) is 0.638. The van der Waals surface area contributed by atoms with E-state index < -0.39 is 27.7 Å². The standard InChI is InChI=1S/C18H27N3O6S/c1-20(2)8-9-21(13-7-10-28(24,25)12-13)18(23)17(22)19-15-11-14(26-3)5-6-16(15)27-4/h5-6,11,13H,7-10,12H2,1-4H3,(H,19,22). The maximum atomic E-state index is 12.8. The summed E-state index contributed by atoms with van der Waals surface area (Å²) in [4.78, 5) is 28.7. The Morgan fingerprint density at radius 1 is 1.18 bits per heavy atom. The fraction of sp³-hybridized carbons (Fsp3) is 0.556. The van der Waals surface area contributed by atoms with E-state index in [4.69, 9.17) is 9.47 Å². The van der Waals surface area contributed by atoms with Crippen LogP contribution in [-0.4, -0.2) is 89.0 Å². The Hall–Kier alpha value is -2.33. The van der Waals surface area contributed by atoms with Gasteiger partial charge >= 0.3 is 11.8 Å². The van der Waals surface area contributed by atoms with Gasteiger partial charge in [0.1, 0.15) is 11.5 Å². The van der Waals surface area contributed by atoms with E-state index in [2.05, 4.69) is 5.32 Å². The Bertz CT molecular complexity index is 825. The summed E-state index contributed by atoms with van der Waals surface area (Å²) >= 11 is 0. The number of nitrogens with zero attached hydrogens (tertiary/aromatic N) is 2. The number of carbonyl (C=O) groups is 2. The van der Waals surface area contributed by atoms with Crippen molar-refractivity contribution in [3.05, 3.63) is 18.2 Å². The zero-order chi connectivity index (χ0) is 20.9. The van der Waals surface area contributed by atoms with Crippen LogP contribution < -0.4 is 14.8 Å². The number of sulfone groups is 1. The summed E-state index contributed by atoms with van der Waals surface area (Å²) in [5.41, 5.74) is 0.298. The maximum Gasteiger partial charge on any atom is 0.314 e. The Kier molecular flexibility index (Phi) is 7.25. The van der Waals surface area contributed by atoms with Crippen molar-refractivity contribution in [2.45, 2.75) is 12.5 Å². The van der Waals surface area contributed by atoms with Gasteiger partial charge in [-0.2, -0.15) is 0 Å². The first kappa shape index (κ1) is 22.0. The van der Waals surface area contributed by atoms with Crippen LogP contribution in [0.25, 0.3) is 0 Å². The Morgan fingerprint density at radius 3 is 2.43 bits per heavy atom. The number of nitrogens with one attached hydrogen (secondary N) is 1. The molecule has 1 heterocycles. The molecular weight excluding hydrogens is 386 g/mol. The molecule has 1 aromatic carbocycles. The molecule has 0 aliphatic carbocycles. The highest BCUT2D eigenvalue weighted by Crippen LogP contribution is 2.29. The van der Waals surface area contributed by atoms with Crippen LogP contribution in [0.4, 0.5) is 5.69 Å². The first-order chi connectivity index (χ1) is 13.2. The van der Waals surface area contributed by atoms with Gasteiger partial charge in [-0.05, 0) is 32.6 Å². The average Bonchev–Trinajstić information content (AvgIpc) is 3.00. The number of methoxy groups -OCH3 is 2. The summed E-state index contributed by atoms with van der Waals surface area (Å²) in [5, 5.41) is 2.55. The lowest BCUT2D eigenvalue weighted by atomic mass is 10.2. The first-order valence-corrected chi connectivity index (χ1v) is 10.7. The number of likely N-dealkylation sites (N-methyl/N-ethyl adjacent to an activating group) is 1. The van der Waals surface area contributed by atoms with Crippen molar-refractivity contribution >= 4 is 27.3 Å². The summed E-state index contributed by atoms with van der Waals surface area (Å²) < 4.78 is 34.0. The molecule has 28 heavy (non-hydrogen) atoms. The van der Waals surface area contributed by atoms with Crippen molar-refractivity contribution in [2.24, 2.45) is 0 Å². The topological polar surface area (TPSA) is 105 Å². The minimum absolute atomic E-state index is 0.0226. The smallest absolute Gasteiger partial charge is 0.314 e. The van der Waals surface area contributed by atoms with Crippen LogP contribution in [0.15, 0.2) is 18.2 Å². The molecule has 1 fully saturated rings. The van der Waals surface area contributed by atoms with Gasteiger partial charge in [0.2, 0.25) is 0 Å². The van der Waals surface area contributed by atoms with E-state index in [0.29, 0.717) is 30.2 Å². The summed E-state index contributed by atoms with van der Waals surface area (Å²) in [7, 11) is 3.43. The second-order valence-electron chi connectivity index (χ2n) is 6.88. The molecule has 0 spiro atoms. The molecule has 9 nitrogen and oxygen atoms in total. The van der Waals surface area contributed by atoms with Crippen LogP contribution in [0.1, 0.15) is 6.42 Å². The SMILES string of the molecule is COc1ccc(OC)c(NC(=O)C(=O)N(CCN(C)C)C2CCS(=O)(=O)C2)c1. The molecule has 1 aliphatic rings. The molecule has 1 N–H and O–H groups in total. The van der Waals surface area contributed by atoms with E-state index in [9.17, 15) is 18.0 Å². The van der Waals surface area contributed by atoms with Gasteiger partial charge in [-0.25, -0.2) is 8.42 Å². The van der Waals surface area contributed by atoms with Crippen molar-refractivity contribution < 1.29 is 27.5 Å². The Balaban J connectivity index is 2.20. The molecule has 2 amide bonds. The fourth-order valence-electron chi connectivity index (χ4n) is 3.00. The zero-order valence-corrected chi connectivity index (χ0v) is 17.4. The largest absolute Gasteiger partial charge is 0.497 e. The van der Waals surface area contributed by atoms with Crippen molar-refractivity contribution in [1.82, 2.24) is 9.80 Å². The number of hydrogen-bond acceptors (Lipinski definition) is 7. The summed E-state index contributed by atoms with van der Waals surface area (Å²) in [5.74, 6) is -0.847. The molecule has 1 saturated heterocycles. The van der Waals surface area contributed by atoms with Crippen molar-refractivity contribution in [1.29, 1.82) is 0 Å². The number of anilines is 1. The van der Waals surface area contributed by atoms with E-state index in [0.717, 1.165) is 0 Å². The molecule has 10 heteroatoms. The monoisotopic (exact) mass is 413 g/mol. The van der Waals surface area contributed by atoms with E-state index in [1.165, 1.54) is 19.1 Å². The minimum atomic E-state index is -3.19. The van der Waals surface area contributed by atoms with Crippen LogP contribution >= 0.6 is 0 Å². The number of benzene rings is 1. The summed E-state index contributed by atoms with van der Waals surface area (Å²) in [6.07, 6.45) is 0.331. The molecule has 0 saturated carbocycles. The molecule has 2 rings (SSSR count). The van der Waals surface area contributed by atoms with E-state index >= 15 is 0 Å². The third-order valence-corrected chi connectivity index (χ3v) is 6.30. The second kappa shape index (κ2) is 9.24. The summed E-state index contributed by atoms with van der Waals surface area (Å²) in [6, 6.07) is 4.33. The lowest BCUT2D eigenvalue weighted by Gasteiger charge is -2.29. The number of hydrogen-bond donors (Lipinski definition) is 1. The third-order valence-electron chi connectivity index (χ3n) is 4.55. The third kappa shape index (κ3) is 5.59. The highest BCUT2D eigenvalue weighted by molar-refractivity contribution is 7.91. The highest BCUT2D eigenvalue weighted by atomic mass is 32.2. The fourth-order valence-corrected chi connectivity index (χ4v) is 4.73. The van der Waals surface area contributed by atoms with Crippen molar-refractivity contribution in [3.63, 3.8) is 0 Å². The minimum Gasteiger partial charge on any atom is -0.497 e. The second-order valence-corrected chi connectivity index (χ2v) is 9.11. The van der Waals surface area contributed by atoms with E-state index in [-0.39, 0.29) is 18.1 Å². The number of ether oxygens (including phenoxy) is 2. The summed E-state index contributed by atoms with van der Waals surface area (Å²) in [6.45, 7) is 0.771. The van der Waals surface area contributed by atoms with Crippen molar-refractivity contribution in [3.8, 4) is 11.5 Å². The van der Waals surface area contributed by atoms with Gasteiger partial charge in [0.25, 0.3) is 0 Å². The molecule has 156 valence electrons. The number of rotatable bonds is 7. The number of amides is 2. The van der Waals surface area contributed by atoms with Gasteiger partial charge in [0.05, 0.1) is 31.4 Å². The molecule has 0 radical (unpaired) electrons. The van der Waals surface area contributed by atoms with Crippen LogP contribution in [0.5, 0.6) is 11.5 Å². The van der Waals surface area contributed by atoms with Gasteiger partial charge in [0.15, 0.2) is 9.84 Å². The van der Waals surface area contributed by atoms with Crippen molar-refractivity contribution in [2.75, 3.05) is 58.2 Å². The highest BCUT2D eigenvalue weighted by Gasteiger charge is 2.36. The van der Waals surface area contributed by atoms with Gasteiger partial charge in [0, 0.05) is 25.2 Å². The Morgan fingerprint density at radius 2 is 1.89 bits per heavy atom. The molecule has 0 aromatic heterocycles. The van der Waals surface area contributed by atoms with Gasteiger partial charge < -0.3 is 24.6 Å². The molecule has 1 unspecified atom stereocenters. The van der Waals surface area contributed by atoms with E-state index in [1.54, 1.807) is 18.2 Å². The predicted octanol–water partition coefficient (Wildman–Crippen LogP) is 0.220. The molecule has 1 aromatic rings. The van der Waals surface area contributed by atoms with Crippen LogP contribution in [0, 0.1) is 0 Å². The predicted molar refractivity (Wildman–Crippen MR) is 106 cm³/mol. The normalized spacial score (nSPS) is 18.0. The van der Waals surface area contributed by atoms with Crippen LogP contribution in [0.2, 0.25) is 0 Å². The Labute approximate surface area is 165 Å². The average molecular weight is 413 g/mol. The lowest BCUT2D eigenvalue weighted by molar-refractivity contribution is -0.144. The zero-order valence-electron chi connectivity index (χ0n) is 16.6.